The van der Waals surface area contributed by atoms with Crippen LogP contribution in [0.25, 0.3) is 0 Å². The number of hydrogen-bond acceptors (Lipinski definition) is 2. The predicted octanol–water partition coefficient (Wildman–Crippen LogP) is 2.61. The number of ketones is 1. The number of aryl methyl sites for hydroxylation is 2. The number of halogens is 1. The molecule has 0 N–H and O–H groups in total. The van der Waals surface area contributed by atoms with Crippen LogP contribution in [0.4, 0.5) is 0 Å². The molecule has 0 saturated heterocycles. The molecule has 3 nitrogen and oxygen atoms in total. The van der Waals surface area contributed by atoms with Gasteiger partial charge in [0.25, 0.3) is 0 Å². The molecule has 0 fully saturated rings. The number of rotatable bonds is 2. The number of benzene rings is 1. The molecule has 4 heteroatoms. The molecule has 0 radical (unpaired) electrons. The van der Waals surface area contributed by atoms with E-state index in [-0.39, 0.29) is 5.78 Å². The number of nitrogens with zero attached hydrogens (tertiary/aromatic N) is 2. The molecular formula is C12H11ClN2O. The summed E-state index contributed by atoms with van der Waals surface area (Å²) in [6.45, 7) is 1.86. The Bertz CT molecular complexity index is 546. The lowest BCUT2D eigenvalue weighted by Gasteiger charge is -2.05. The molecule has 1 aromatic heterocycles. The minimum absolute atomic E-state index is 0.0818. The van der Waals surface area contributed by atoms with Crippen molar-refractivity contribution in [2.75, 3.05) is 0 Å². The highest BCUT2D eigenvalue weighted by Gasteiger charge is 2.15. The minimum Gasteiger partial charge on any atom is -0.331 e. The van der Waals surface area contributed by atoms with Gasteiger partial charge in [0.05, 0.1) is 0 Å². The van der Waals surface area contributed by atoms with E-state index in [0.717, 1.165) is 5.56 Å². The van der Waals surface area contributed by atoms with E-state index in [4.69, 9.17) is 11.6 Å². The first-order valence-electron chi connectivity index (χ1n) is 4.88. The van der Waals surface area contributed by atoms with Crippen LogP contribution in [0.3, 0.4) is 0 Å². The maximum Gasteiger partial charge on any atom is 0.228 e. The SMILES string of the molecule is Cc1cc(Cl)ccc1C(=O)c1nccn1C. The Balaban J connectivity index is 2.46. The Hall–Kier alpha value is -1.61. The van der Waals surface area contributed by atoms with Crippen LogP contribution in [0.2, 0.25) is 5.02 Å². The predicted molar refractivity (Wildman–Crippen MR) is 62.8 cm³/mol. The normalized spacial score (nSPS) is 10.4. The van der Waals surface area contributed by atoms with Gasteiger partial charge in [-0.15, -0.1) is 0 Å². The van der Waals surface area contributed by atoms with Gasteiger partial charge in [0, 0.05) is 30.0 Å². The Morgan fingerprint density at radius 1 is 1.44 bits per heavy atom. The van der Waals surface area contributed by atoms with Crippen LogP contribution in [0.15, 0.2) is 30.6 Å². The van der Waals surface area contributed by atoms with Gasteiger partial charge in [-0.25, -0.2) is 4.98 Å². The van der Waals surface area contributed by atoms with Crippen LogP contribution in [0.5, 0.6) is 0 Å². The van der Waals surface area contributed by atoms with Crippen LogP contribution >= 0.6 is 11.6 Å². The third-order valence-corrected chi connectivity index (χ3v) is 2.69. The molecule has 0 amide bonds. The van der Waals surface area contributed by atoms with E-state index in [9.17, 15) is 4.79 Å². The summed E-state index contributed by atoms with van der Waals surface area (Å²) in [4.78, 5) is 16.2. The summed E-state index contributed by atoms with van der Waals surface area (Å²) in [5.74, 6) is 0.354. The number of carbonyl (C=O) groups excluding carboxylic acids is 1. The van der Waals surface area contributed by atoms with E-state index in [2.05, 4.69) is 4.98 Å². The maximum atomic E-state index is 12.1. The number of hydrogen-bond donors (Lipinski definition) is 0. The monoisotopic (exact) mass is 234 g/mol. The quantitative estimate of drug-likeness (QED) is 0.749. The molecule has 1 heterocycles. The second-order valence-electron chi connectivity index (χ2n) is 3.65. The minimum atomic E-state index is -0.0818. The van der Waals surface area contributed by atoms with E-state index >= 15 is 0 Å². The summed E-state index contributed by atoms with van der Waals surface area (Å²) in [6.07, 6.45) is 3.36. The number of imidazole rings is 1. The summed E-state index contributed by atoms with van der Waals surface area (Å²) < 4.78 is 1.70. The molecule has 0 aliphatic heterocycles. The van der Waals surface area contributed by atoms with E-state index in [1.165, 1.54) is 0 Å². The van der Waals surface area contributed by atoms with Crippen molar-refractivity contribution < 1.29 is 4.79 Å². The fraction of sp³-hybridized carbons (Fsp3) is 0.167. The van der Waals surface area contributed by atoms with Crippen LogP contribution in [-0.2, 0) is 7.05 Å². The van der Waals surface area contributed by atoms with Gasteiger partial charge in [0.1, 0.15) is 0 Å². The first-order chi connectivity index (χ1) is 7.59. The van der Waals surface area contributed by atoms with Crippen LogP contribution in [-0.4, -0.2) is 15.3 Å². The van der Waals surface area contributed by atoms with Gasteiger partial charge in [-0.2, -0.15) is 0 Å². The highest BCUT2D eigenvalue weighted by atomic mass is 35.5. The Morgan fingerprint density at radius 2 is 2.19 bits per heavy atom. The third kappa shape index (κ3) is 1.86. The highest BCUT2D eigenvalue weighted by Crippen LogP contribution is 2.17. The van der Waals surface area contributed by atoms with Crippen molar-refractivity contribution >= 4 is 17.4 Å². The van der Waals surface area contributed by atoms with Crippen LogP contribution in [0.1, 0.15) is 21.7 Å². The van der Waals surface area contributed by atoms with Crippen molar-refractivity contribution in [3.8, 4) is 0 Å². The van der Waals surface area contributed by atoms with Gasteiger partial charge in [0.2, 0.25) is 5.78 Å². The highest BCUT2D eigenvalue weighted by molar-refractivity contribution is 6.30. The van der Waals surface area contributed by atoms with Gasteiger partial charge in [-0.3, -0.25) is 4.79 Å². The second kappa shape index (κ2) is 4.10. The zero-order valence-electron chi connectivity index (χ0n) is 9.07. The summed E-state index contributed by atoms with van der Waals surface area (Å²) in [5, 5.41) is 0.633. The Morgan fingerprint density at radius 3 is 2.75 bits per heavy atom. The molecule has 0 saturated carbocycles. The molecule has 0 spiro atoms. The zero-order chi connectivity index (χ0) is 11.7. The van der Waals surface area contributed by atoms with Crippen molar-refractivity contribution in [3.05, 3.63) is 52.6 Å². The summed E-state index contributed by atoms with van der Waals surface area (Å²) >= 11 is 5.85. The van der Waals surface area contributed by atoms with Crippen LogP contribution < -0.4 is 0 Å². The molecule has 1 aromatic carbocycles. The van der Waals surface area contributed by atoms with Gasteiger partial charge in [-0.1, -0.05) is 11.6 Å². The average Bonchev–Trinajstić information content (AvgIpc) is 2.63. The molecule has 0 unspecified atom stereocenters. The van der Waals surface area contributed by atoms with Gasteiger partial charge < -0.3 is 4.57 Å². The molecule has 2 rings (SSSR count). The molecule has 0 atom stereocenters. The lowest BCUT2D eigenvalue weighted by molar-refractivity contribution is 0.102. The van der Waals surface area contributed by atoms with E-state index < -0.39 is 0 Å². The van der Waals surface area contributed by atoms with Crippen molar-refractivity contribution in [1.29, 1.82) is 0 Å². The fourth-order valence-electron chi connectivity index (χ4n) is 1.59. The zero-order valence-corrected chi connectivity index (χ0v) is 9.82. The smallest absolute Gasteiger partial charge is 0.228 e. The summed E-state index contributed by atoms with van der Waals surface area (Å²) in [7, 11) is 1.80. The Labute approximate surface area is 98.7 Å². The second-order valence-corrected chi connectivity index (χ2v) is 4.09. The lowest BCUT2D eigenvalue weighted by Crippen LogP contribution is -2.10. The first kappa shape index (κ1) is 10.9. The van der Waals surface area contributed by atoms with Crippen LogP contribution in [0, 0.1) is 6.92 Å². The van der Waals surface area contributed by atoms with Crippen molar-refractivity contribution in [2.24, 2.45) is 7.05 Å². The van der Waals surface area contributed by atoms with Gasteiger partial charge in [-0.05, 0) is 30.7 Å². The van der Waals surface area contributed by atoms with E-state index in [1.807, 2.05) is 6.92 Å². The number of aromatic nitrogens is 2. The molecule has 82 valence electrons. The molecule has 16 heavy (non-hydrogen) atoms. The average molecular weight is 235 g/mol. The molecule has 0 bridgehead atoms. The third-order valence-electron chi connectivity index (χ3n) is 2.46. The largest absolute Gasteiger partial charge is 0.331 e. The first-order valence-corrected chi connectivity index (χ1v) is 5.25. The van der Waals surface area contributed by atoms with Crippen molar-refractivity contribution in [2.45, 2.75) is 6.92 Å². The Kier molecular flexibility index (Phi) is 2.79. The molecule has 0 aliphatic rings. The standard InChI is InChI=1S/C12H11ClN2O/c1-8-7-9(13)3-4-10(8)11(16)12-14-5-6-15(12)2/h3-7H,1-2H3. The van der Waals surface area contributed by atoms with E-state index in [0.29, 0.717) is 16.4 Å². The van der Waals surface area contributed by atoms with Crippen molar-refractivity contribution in [3.63, 3.8) is 0 Å². The molecule has 2 aromatic rings. The maximum absolute atomic E-state index is 12.1. The van der Waals surface area contributed by atoms with Gasteiger partial charge >= 0.3 is 0 Å². The molecule has 0 aliphatic carbocycles. The topological polar surface area (TPSA) is 34.9 Å². The van der Waals surface area contributed by atoms with E-state index in [1.54, 1.807) is 42.2 Å². The lowest BCUT2D eigenvalue weighted by atomic mass is 10.0. The summed E-state index contributed by atoms with van der Waals surface area (Å²) in [5.41, 5.74) is 1.50. The fourth-order valence-corrected chi connectivity index (χ4v) is 1.81. The van der Waals surface area contributed by atoms with Crippen molar-refractivity contribution in [1.82, 2.24) is 9.55 Å². The number of carbonyl (C=O) groups is 1. The van der Waals surface area contributed by atoms with Gasteiger partial charge in [0.15, 0.2) is 5.82 Å². The summed E-state index contributed by atoms with van der Waals surface area (Å²) in [6, 6.07) is 5.22. The molecular weight excluding hydrogens is 224 g/mol.